The van der Waals surface area contributed by atoms with Gasteiger partial charge < -0.3 is 11.1 Å². The normalized spacial score (nSPS) is 15.2. The van der Waals surface area contributed by atoms with Gasteiger partial charge in [-0.2, -0.15) is 0 Å². The number of nitrogens with two attached hydrogens (primary N) is 1. The first kappa shape index (κ1) is 24.2. The van der Waals surface area contributed by atoms with Gasteiger partial charge >= 0.3 is 0 Å². The van der Waals surface area contributed by atoms with Gasteiger partial charge in [0.05, 0.1) is 0 Å². The molecule has 0 fully saturated rings. The number of aliphatic imine (C=N–C) groups is 1. The molecule has 3 nitrogen and oxygen atoms in total. The van der Waals surface area contributed by atoms with Crippen LogP contribution in [0.3, 0.4) is 0 Å². The van der Waals surface area contributed by atoms with Crippen molar-refractivity contribution < 1.29 is 0 Å². The van der Waals surface area contributed by atoms with Gasteiger partial charge in [-0.1, -0.05) is 40.7 Å². The van der Waals surface area contributed by atoms with E-state index in [9.17, 15) is 0 Å². The van der Waals surface area contributed by atoms with Crippen LogP contribution in [-0.4, -0.2) is 12.4 Å². The molecule has 1 aromatic rings. The van der Waals surface area contributed by atoms with Crippen LogP contribution < -0.4 is 11.1 Å². The second-order valence-corrected chi connectivity index (χ2v) is 7.72. The highest BCUT2D eigenvalue weighted by atomic mass is 32.1. The predicted molar refractivity (Wildman–Crippen MR) is 119 cm³/mol. The Morgan fingerprint density at radius 1 is 1.31 bits per heavy atom. The van der Waals surface area contributed by atoms with E-state index in [0.29, 0.717) is 5.84 Å². The summed E-state index contributed by atoms with van der Waals surface area (Å²) in [6.07, 6.45) is 13.3. The van der Waals surface area contributed by atoms with Crippen LogP contribution >= 0.6 is 11.3 Å². The summed E-state index contributed by atoms with van der Waals surface area (Å²) in [5, 5.41) is 5.54. The lowest BCUT2D eigenvalue weighted by atomic mass is 9.86. The smallest absolute Gasteiger partial charge is 0.132 e. The summed E-state index contributed by atoms with van der Waals surface area (Å²) in [6, 6.07) is 0. The molecule has 0 saturated heterocycles. The Bertz CT molecular complexity index is 667. The Balaban J connectivity index is 0.00000146. The van der Waals surface area contributed by atoms with E-state index in [1.165, 1.54) is 16.0 Å². The molecule has 0 aliphatic carbocycles. The third kappa shape index (κ3) is 6.82. The summed E-state index contributed by atoms with van der Waals surface area (Å²) in [4.78, 5) is 6.02. The molecule has 0 unspecified atom stereocenters. The number of nitrogens with zero attached hydrogens (tertiary/aromatic N) is 1. The van der Waals surface area contributed by atoms with Gasteiger partial charge in [0, 0.05) is 28.1 Å². The molecule has 0 radical (unpaired) electrons. The average molecular weight is 374 g/mol. The van der Waals surface area contributed by atoms with E-state index in [4.69, 9.17) is 5.73 Å². The predicted octanol–water partition coefficient (Wildman–Crippen LogP) is 5.27. The molecule has 26 heavy (non-hydrogen) atoms. The van der Waals surface area contributed by atoms with E-state index < -0.39 is 0 Å². The average Bonchev–Trinajstić information content (AvgIpc) is 3.06. The molecule has 0 amide bonds. The van der Waals surface area contributed by atoms with E-state index in [1.807, 2.05) is 20.8 Å². The van der Waals surface area contributed by atoms with E-state index in [2.05, 4.69) is 68.4 Å². The zero-order valence-electron chi connectivity index (χ0n) is 17.4. The standard InChI is InChI=1S/C18H27N3S.C2H6.C2H2/c1-6-13(18(3,4)5)9-12(2)21-17(19)15-11-22-16-10-20-8-7-14(15)16;2*1-2/h6,9,11,20H,7-8,10H2,1-5H3,(H2,19,21);1-2H3;1-2H/b12-9+,13-6+;;. The molecular formula is C22H35N3S. The molecule has 2 heterocycles. The third-order valence-corrected chi connectivity index (χ3v) is 4.96. The van der Waals surface area contributed by atoms with Crippen LogP contribution in [0.2, 0.25) is 0 Å². The number of amidine groups is 1. The molecule has 1 aliphatic rings. The lowest BCUT2D eigenvalue weighted by molar-refractivity contribution is 0.515. The molecule has 144 valence electrons. The number of allylic oxidation sites excluding steroid dienone is 4. The third-order valence-electron chi connectivity index (χ3n) is 3.93. The van der Waals surface area contributed by atoms with Crippen molar-refractivity contribution in [2.24, 2.45) is 16.1 Å². The zero-order valence-corrected chi connectivity index (χ0v) is 18.3. The van der Waals surface area contributed by atoms with Gasteiger partial charge in [0.25, 0.3) is 0 Å². The molecule has 1 aromatic heterocycles. The number of hydrogen-bond donors (Lipinski definition) is 2. The molecule has 3 N–H and O–H groups in total. The highest BCUT2D eigenvalue weighted by molar-refractivity contribution is 7.10. The van der Waals surface area contributed by atoms with Crippen LogP contribution in [0, 0.1) is 18.3 Å². The van der Waals surface area contributed by atoms with Crippen LogP contribution in [0.25, 0.3) is 0 Å². The van der Waals surface area contributed by atoms with Gasteiger partial charge in [0.2, 0.25) is 0 Å². The summed E-state index contributed by atoms with van der Waals surface area (Å²) in [5.74, 6) is 0.637. The van der Waals surface area contributed by atoms with Crippen LogP contribution in [0.15, 0.2) is 33.8 Å². The largest absolute Gasteiger partial charge is 0.383 e. The van der Waals surface area contributed by atoms with Crippen LogP contribution in [0.1, 0.15) is 64.5 Å². The lowest BCUT2D eigenvalue weighted by Gasteiger charge is -2.20. The monoisotopic (exact) mass is 373 g/mol. The first-order valence-corrected chi connectivity index (χ1v) is 10.0. The van der Waals surface area contributed by atoms with E-state index in [1.54, 1.807) is 11.3 Å². The molecule has 2 rings (SSSR count). The summed E-state index contributed by atoms with van der Waals surface area (Å²) in [7, 11) is 0. The minimum absolute atomic E-state index is 0.119. The number of thiophene rings is 1. The van der Waals surface area contributed by atoms with Crippen LogP contribution in [-0.2, 0) is 13.0 Å². The van der Waals surface area contributed by atoms with Gasteiger partial charge in [0.15, 0.2) is 0 Å². The van der Waals surface area contributed by atoms with E-state index in [0.717, 1.165) is 30.8 Å². The maximum absolute atomic E-state index is 6.27. The number of fused-ring (bicyclic) bond motifs is 1. The Morgan fingerprint density at radius 2 is 1.92 bits per heavy atom. The first-order chi connectivity index (χ1) is 12.3. The quantitative estimate of drug-likeness (QED) is 0.328. The molecule has 0 aromatic carbocycles. The number of nitrogens with one attached hydrogen (secondary N) is 1. The maximum atomic E-state index is 6.27. The topological polar surface area (TPSA) is 50.4 Å². The van der Waals surface area contributed by atoms with Gasteiger partial charge in [-0.05, 0) is 49.4 Å². The fraction of sp³-hybridized carbons (Fsp3) is 0.500. The van der Waals surface area contributed by atoms with E-state index in [-0.39, 0.29) is 5.41 Å². The Labute approximate surface area is 164 Å². The highest BCUT2D eigenvalue weighted by Gasteiger charge is 2.18. The van der Waals surface area contributed by atoms with Crippen molar-refractivity contribution in [3.05, 3.63) is 44.8 Å². The number of rotatable bonds is 3. The minimum atomic E-state index is 0.119. The van der Waals surface area contributed by atoms with Crippen molar-refractivity contribution in [1.29, 1.82) is 0 Å². The van der Waals surface area contributed by atoms with Crippen molar-refractivity contribution in [3.8, 4) is 12.8 Å². The molecule has 0 spiro atoms. The molecule has 4 heteroatoms. The highest BCUT2D eigenvalue weighted by Crippen LogP contribution is 2.28. The van der Waals surface area contributed by atoms with Crippen LogP contribution in [0.4, 0.5) is 0 Å². The molecular weight excluding hydrogens is 338 g/mol. The minimum Gasteiger partial charge on any atom is -0.383 e. The summed E-state index contributed by atoms with van der Waals surface area (Å²) in [6.45, 7) is 16.7. The molecule has 0 bridgehead atoms. The molecule has 1 aliphatic heterocycles. The summed E-state index contributed by atoms with van der Waals surface area (Å²) in [5.41, 5.74) is 11.1. The SMILES string of the molecule is C#C.C/C=C(\C=C(/C)N=C(N)c1csc2c1CCNC2)C(C)(C)C.CC. The van der Waals surface area contributed by atoms with Gasteiger partial charge in [0.1, 0.15) is 5.84 Å². The fourth-order valence-electron chi connectivity index (χ4n) is 2.72. The van der Waals surface area contributed by atoms with Crippen molar-refractivity contribution in [3.63, 3.8) is 0 Å². The van der Waals surface area contributed by atoms with Crippen molar-refractivity contribution in [2.45, 2.75) is 61.4 Å². The Kier molecular flexibility index (Phi) is 10.9. The Morgan fingerprint density at radius 3 is 2.46 bits per heavy atom. The maximum Gasteiger partial charge on any atom is 0.132 e. The second kappa shape index (κ2) is 11.7. The first-order valence-electron chi connectivity index (χ1n) is 9.16. The van der Waals surface area contributed by atoms with Gasteiger partial charge in [-0.15, -0.1) is 24.2 Å². The van der Waals surface area contributed by atoms with Crippen molar-refractivity contribution in [2.75, 3.05) is 6.54 Å². The molecule has 0 atom stereocenters. The molecule has 0 saturated carbocycles. The zero-order chi connectivity index (χ0) is 20.3. The second-order valence-electron chi connectivity index (χ2n) is 6.75. The Hall–Kier alpha value is -1.83. The van der Waals surface area contributed by atoms with Gasteiger partial charge in [-0.3, -0.25) is 0 Å². The number of terminal acetylenes is 1. The summed E-state index contributed by atoms with van der Waals surface area (Å²) >= 11 is 1.78. The van der Waals surface area contributed by atoms with Crippen molar-refractivity contribution >= 4 is 17.2 Å². The lowest BCUT2D eigenvalue weighted by Crippen LogP contribution is -2.24. The summed E-state index contributed by atoms with van der Waals surface area (Å²) < 4.78 is 0. The van der Waals surface area contributed by atoms with Gasteiger partial charge in [-0.25, -0.2) is 4.99 Å². The van der Waals surface area contributed by atoms with E-state index >= 15 is 0 Å². The van der Waals surface area contributed by atoms with Crippen LogP contribution in [0.5, 0.6) is 0 Å². The van der Waals surface area contributed by atoms with Crippen molar-refractivity contribution in [1.82, 2.24) is 5.32 Å². The fourth-order valence-corrected chi connectivity index (χ4v) is 3.78. The number of hydrogen-bond acceptors (Lipinski definition) is 3.